The molecule has 11 heteroatoms. The predicted molar refractivity (Wildman–Crippen MR) is 125 cm³/mol. The van der Waals surface area contributed by atoms with Gasteiger partial charge in [0.2, 0.25) is 0 Å². The van der Waals surface area contributed by atoms with Gasteiger partial charge in [-0.1, -0.05) is 35.9 Å². The Hall–Kier alpha value is -4.57. The second kappa shape index (κ2) is 9.92. The number of nitro groups is 1. The third-order valence-electron chi connectivity index (χ3n) is 4.90. The third-order valence-corrected chi connectivity index (χ3v) is 5.21. The summed E-state index contributed by atoms with van der Waals surface area (Å²) in [5.41, 5.74) is 2.07. The van der Waals surface area contributed by atoms with Crippen LogP contribution in [0.2, 0.25) is 5.02 Å². The molecule has 0 spiro atoms. The first kappa shape index (κ1) is 22.6. The Morgan fingerprint density at radius 2 is 1.76 bits per heavy atom. The predicted octanol–water partition coefficient (Wildman–Crippen LogP) is 4.01. The molecule has 0 atom stereocenters. The minimum absolute atomic E-state index is 0.0509. The minimum atomic E-state index is -0.602. The van der Waals surface area contributed by atoms with Crippen LogP contribution in [-0.2, 0) is 6.54 Å². The van der Waals surface area contributed by atoms with E-state index in [1.807, 2.05) is 24.3 Å². The van der Waals surface area contributed by atoms with Crippen LogP contribution in [-0.4, -0.2) is 31.5 Å². The number of nitrogens with one attached hydrogen (secondary N) is 2. The highest BCUT2D eigenvalue weighted by atomic mass is 35.5. The number of anilines is 1. The van der Waals surface area contributed by atoms with E-state index in [-0.39, 0.29) is 40.0 Å². The fourth-order valence-corrected chi connectivity index (χ4v) is 3.43. The Morgan fingerprint density at radius 3 is 2.44 bits per heavy atom. The largest absolute Gasteiger partial charge is 0.348 e. The van der Waals surface area contributed by atoms with Gasteiger partial charge in [0.15, 0.2) is 0 Å². The lowest BCUT2D eigenvalue weighted by molar-refractivity contribution is -0.384. The summed E-state index contributed by atoms with van der Waals surface area (Å²) in [6.45, 7) is 0.271. The lowest BCUT2D eigenvalue weighted by Crippen LogP contribution is -2.25. The van der Waals surface area contributed by atoms with Gasteiger partial charge in [0.05, 0.1) is 32.4 Å². The van der Waals surface area contributed by atoms with Crippen LogP contribution in [0.5, 0.6) is 0 Å². The van der Waals surface area contributed by atoms with Crippen LogP contribution in [0.15, 0.2) is 79.4 Å². The summed E-state index contributed by atoms with van der Waals surface area (Å²) in [4.78, 5) is 39.7. The van der Waals surface area contributed by atoms with Gasteiger partial charge in [-0.25, -0.2) is 9.67 Å². The van der Waals surface area contributed by atoms with E-state index < -0.39 is 10.8 Å². The molecule has 2 amide bonds. The van der Waals surface area contributed by atoms with Crippen LogP contribution in [0.4, 0.5) is 11.4 Å². The van der Waals surface area contributed by atoms with Gasteiger partial charge in [-0.3, -0.25) is 19.7 Å². The maximum atomic E-state index is 12.8. The number of amides is 2. The fourth-order valence-electron chi connectivity index (χ4n) is 3.17. The molecule has 0 saturated carbocycles. The van der Waals surface area contributed by atoms with Gasteiger partial charge in [0, 0.05) is 18.7 Å². The van der Waals surface area contributed by atoms with Crippen LogP contribution >= 0.6 is 11.6 Å². The molecule has 0 aliphatic heterocycles. The monoisotopic (exact) mass is 476 g/mol. The molecule has 0 aliphatic rings. The Kier molecular flexibility index (Phi) is 6.60. The number of nitrogens with zero attached hydrogens (tertiary/aromatic N) is 4. The average Bonchev–Trinajstić information content (AvgIpc) is 3.38. The number of carbonyl (C=O) groups is 2. The van der Waals surface area contributed by atoms with Crippen LogP contribution in [0.1, 0.15) is 26.3 Å². The molecule has 0 fully saturated rings. The van der Waals surface area contributed by atoms with Crippen molar-refractivity contribution < 1.29 is 14.5 Å². The van der Waals surface area contributed by atoms with Crippen LogP contribution in [0, 0.1) is 10.1 Å². The molecule has 0 bridgehead atoms. The van der Waals surface area contributed by atoms with Gasteiger partial charge >= 0.3 is 0 Å². The summed E-state index contributed by atoms with van der Waals surface area (Å²) in [6.07, 6.45) is 3.03. The van der Waals surface area contributed by atoms with E-state index in [2.05, 4.69) is 20.7 Å². The van der Waals surface area contributed by atoms with Crippen molar-refractivity contribution in [3.05, 3.63) is 111 Å². The lowest BCUT2D eigenvalue weighted by atomic mass is 10.1. The molecule has 4 aromatic rings. The summed E-state index contributed by atoms with van der Waals surface area (Å²) in [5.74, 6) is -0.977. The maximum absolute atomic E-state index is 12.8. The van der Waals surface area contributed by atoms with Gasteiger partial charge in [-0.15, -0.1) is 0 Å². The van der Waals surface area contributed by atoms with E-state index in [0.717, 1.165) is 17.3 Å². The van der Waals surface area contributed by atoms with Gasteiger partial charge in [0.25, 0.3) is 17.5 Å². The zero-order valence-corrected chi connectivity index (χ0v) is 18.3. The number of benzene rings is 3. The van der Waals surface area contributed by atoms with Crippen LogP contribution in [0.3, 0.4) is 0 Å². The fraction of sp³-hybridized carbons (Fsp3) is 0.0435. The quantitative estimate of drug-likeness (QED) is 0.306. The Bertz CT molecular complexity index is 1360. The second-order valence-corrected chi connectivity index (χ2v) is 7.52. The zero-order valence-electron chi connectivity index (χ0n) is 17.5. The summed E-state index contributed by atoms with van der Waals surface area (Å²) in [7, 11) is 0. The Balaban J connectivity index is 1.44. The van der Waals surface area contributed by atoms with Gasteiger partial charge in [-0.2, -0.15) is 5.10 Å². The highest BCUT2D eigenvalue weighted by Gasteiger charge is 2.18. The maximum Gasteiger partial charge on any atom is 0.270 e. The molecule has 0 saturated heterocycles. The van der Waals surface area contributed by atoms with Crippen LogP contribution in [0.25, 0.3) is 5.69 Å². The number of para-hydroxylation sites is 1. The standard InChI is InChI=1S/C23H17ClN6O4/c24-20-11-17(30(33)34)9-10-18(20)23(32)28-21-4-2-1-3-19(21)22(31)26-12-15-5-7-16(8-6-15)29-14-25-13-27-29/h1-11,13-14H,12H2,(H,26,31)(H,28,32). The Morgan fingerprint density at radius 1 is 1.00 bits per heavy atom. The van der Waals surface area contributed by atoms with Crippen molar-refractivity contribution in [1.29, 1.82) is 0 Å². The average molecular weight is 477 g/mol. The van der Waals surface area contributed by atoms with E-state index in [0.29, 0.717) is 0 Å². The van der Waals surface area contributed by atoms with E-state index in [9.17, 15) is 19.7 Å². The van der Waals surface area contributed by atoms with E-state index in [4.69, 9.17) is 11.6 Å². The van der Waals surface area contributed by atoms with Crippen molar-refractivity contribution in [1.82, 2.24) is 20.1 Å². The molecule has 34 heavy (non-hydrogen) atoms. The molecule has 0 aliphatic carbocycles. The van der Waals surface area contributed by atoms with Gasteiger partial charge in [-0.05, 0) is 35.9 Å². The van der Waals surface area contributed by atoms with Crippen molar-refractivity contribution in [2.45, 2.75) is 6.54 Å². The number of non-ortho nitro benzene ring substituents is 1. The molecule has 170 valence electrons. The summed E-state index contributed by atoms with van der Waals surface area (Å²) >= 11 is 6.04. The topological polar surface area (TPSA) is 132 Å². The molecular formula is C23H17ClN6O4. The number of nitro benzene ring substituents is 1. The van der Waals surface area contributed by atoms with Crippen molar-refractivity contribution >= 4 is 34.8 Å². The first-order valence-corrected chi connectivity index (χ1v) is 10.4. The number of aromatic nitrogens is 3. The first-order chi connectivity index (χ1) is 16.4. The van der Waals surface area contributed by atoms with Crippen molar-refractivity contribution in [2.75, 3.05) is 5.32 Å². The second-order valence-electron chi connectivity index (χ2n) is 7.11. The lowest BCUT2D eigenvalue weighted by Gasteiger charge is -2.12. The smallest absolute Gasteiger partial charge is 0.270 e. The number of carbonyl (C=O) groups excluding carboxylic acids is 2. The van der Waals surface area contributed by atoms with E-state index in [1.165, 1.54) is 18.5 Å². The molecule has 2 N–H and O–H groups in total. The minimum Gasteiger partial charge on any atom is -0.348 e. The van der Waals surface area contributed by atoms with E-state index in [1.54, 1.807) is 35.3 Å². The molecule has 1 heterocycles. The molecular weight excluding hydrogens is 460 g/mol. The molecule has 10 nitrogen and oxygen atoms in total. The highest BCUT2D eigenvalue weighted by Crippen LogP contribution is 2.24. The number of halogens is 1. The number of hydrogen-bond donors (Lipinski definition) is 2. The zero-order chi connectivity index (χ0) is 24.1. The summed E-state index contributed by atoms with van der Waals surface area (Å²) in [6, 6.07) is 17.5. The SMILES string of the molecule is O=C(Nc1ccccc1C(=O)NCc1ccc(-n2cncn2)cc1)c1ccc([N+](=O)[O-])cc1Cl. The molecule has 1 aromatic heterocycles. The van der Waals surface area contributed by atoms with Crippen molar-refractivity contribution in [3.63, 3.8) is 0 Å². The van der Waals surface area contributed by atoms with Crippen molar-refractivity contribution in [2.24, 2.45) is 0 Å². The molecule has 0 unspecified atom stereocenters. The summed E-state index contributed by atoms with van der Waals surface area (Å²) in [5, 5.41) is 20.4. The van der Waals surface area contributed by atoms with E-state index >= 15 is 0 Å². The summed E-state index contributed by atoms with van der Waals surface area (Å²) < 4.78 is 1.62. The van der Waals surface area contributed by atoms with Crippen LogP contribution < -0.4 is 10.6 Å². The van der Waals surface area contributed by atoms with Crippen molar-refractivity contribution in [3.8, 4) is 5.69 Å². The third kappa shape index (κ3) is 5.08. The molecule has 4 rings (SSSR count). The molecule has 3 aromatic carbocycles. The van der Waals surface area contributed by atoms with Gasteiger partial charge in [0.1, 0.15) is 12.7 Å². The van der Waals surface area contributed by atoms with Gasteiger partial charge < -0.3 is 10.6 Å². The normalized spacial score (nSPS) is 10.5. The highest BCUT2D eigenvalue weighted by molar-refractivity contribution is 6.34. The first-order valence-electron chi connectivity index (χ1n) is 9.99. The number of hydrogen-bond acceptors (Lipinski definition) is 6. The molecule has 0 radical (unpaired) electrons. The Labute approximate surface area is 198 Å². The number of rotatable bonds is 7.